The van der Waals surface area contributed by atoms with E-state index in [0.717, 1.165) is 6.61 Å². The summed E-state index contributed by atoms with van der Waals surface area (Å²) in [4.78, 5) is 64.7. The van der Waals surface area contributed by atoms with Crippen LogP contribution in [0.25, 0.3) is 0 Å². The summed E-state index contributed by atoms with van der Waals surface area (Å²) in [5.41, 5.74) is 0. The van der Waals surface area contributed by atoms with E-state index in [1.807, 2.05) is 0 Å². The molecule has 0 aromatic carbocycles. The van der Waals surface area contributed by atoms with E-state index >= 15 is 0 Å². The van der Waals surface area contributed by atoms with Crippen LogP contribution in [0.4, 0.5) is 0 Å². The van der Waals surface area contributed by atoms with Gasteiger partial charge in [0.15, 0.2) is 0 Å². The van der Waals surface area contributed by atoms with Crippen molar-refractivity contribution in [3.05, 3.63) is 0 Å². The van der Waals surface area contributed by atoms with Gasteiger partial charge in [-0.1, -0.05) is 0 Å². The second-order valence-electron chi connectivity index (χ2n) is 3.36. The molecule has 16 heteroatoms. The van der Waals surface area contributed by atoms with E-state index in [9.17, 15) is 0 Å². The molecule has 1 saturated heterocycles. The lowest BCUT2D eigenvalue weighted by atomic mass is 10.3. The predicted octanol–water partition coefficient (Wildman–Crippen LogP) is -1.60. The standard InChI is InChI=1S/C5H10O.3H3O4P/c1-5-3-2-4-6-5;3*1-5(2,3)4/h5H,2-4H2,1H3;3*(H3,1,2,3,4). The van der Waals surface area contributed by atoms with Gasteiger partial charge in [0, 0.05) is 6.61 Å². The molecule has 0 aromatic heterocycles. The fraction of sp³-hybridized carbons (Fsp3) is 1.00. The molecule has 9 N–H and O–H groups in total. The first-order valence-electron chi connectivity index (χ1n) is 4.86. The summed E-state index contributed by atoms with van der Waals surface area (Å²) >= 11 is 0. The van der Waals surface area contributed by atoms with Crippen molar-refractivity contribution < 1.29 is 62.5 Å². The summed E-state index contributed by atoms with van der Waals surface area (Å²) in [7, 11) is -13.9. The first kappa shape index (κ1) is 26.2. The van der Waals surface area contributed by atoms with E-state index in [-0.39, 0.29) is 0 Å². The number of hydrogen-bond acceptors (Lipinski definition) is 4. The van der Waals surface area contributed by atoms with Crippen LogP contribution in [-0.4, -0.2) is 56.8 Å². The normalized spacial score (nSPS) is 18.3. The van der Waals surface area contributed by atoms with Gasteiger partial charge >= 0.3 is 23.5 Å². The van der Waals surface area contributed by atoms with Crippen molar-refractivity contribution in [1.82, 2.24) is 0 Å². The highest BCUT2D eigenvalue weighted by Crippen LogP contribution is 2.26. The summed E-state index contributed by atoms with van der Waals surface area (Å²) in [6, 6.07) is 0. The molecule has 1 unspecified atom stereocenters. The predicted molar refractivity (Wildman–Crippen MR) is 67.4 cm³/mol. The Balaban J connectivity index is -0.000000207. The molecule has 0 bridgehead atoms. The minimum atomic E-state index is -4.64. The molecular weight excluding hydrogens is 361 g/mol. The molecule has 0 amide bonds. The van der Waals surface area contributed by atoms with Crippen LogP contribution in [0.1, 0.15) is 19.8 Å². The third-order valence-corrected chi connectivity index (χ3v) is 1.16. The van der Waals surface area contributed by atoms with Crippen molar-refractivity contribution in [1.29, 1.82) is 0 Å². The van der Waals surface area contributed by atoms with Crippen LogP contribution in [0.3, 0.4) is 0 Å². The van der Waals surface area contributed by atoms with E-state index in [1.54, 1.807) is 0 Å². The average Bonchev–Trinajstić information content (AvgIpc) is 2.44. The molecule has 1 aliphatic heterocycles. The summed E-state index contributed by atoms with van der Waals surface area (Å²) in [5.74, 6) is 0. The maximum Gasteiger partial charge on any atom is 0.466 e. The Morgan fingerprint density at radius 1 is 0.762 bits per heavy atom. The van der Waals surface area contributed by atoms with Crippen molar-refractivity contribution in [3.8, 4) is 0 Å². The van der Waals surface area contributed by atoms with Gasteiger partial charge in [0.25, 0.3) is 0 Å². The minimum Gasteiger partial charge on any atom is -0.379 e. The van der Waals surface area contributed by atoms with Crippen LogP contribution in [0.15, 0.2) is 0 Å². The van der Waals surface area contributed by atoms with Crippen LogP contribution in [0, 0.1) is 0 Å². The summed E-state index contributed by atoms with van der Waals surface area (Å²) in [6.07, 6.45) is 3.08. The summed E-state index contributed by atoms with van der Waals surface area (Å²) in [5, 5.41) is 0. The Hall–Kier alpha value is 0.290. The smallest absolute Gasteiger partial charge is 0.379 e. The van der Waals surface area contributed by atoms with Crippen molar-refractivity contribution in [3.63, 3.8) is 0 Å². The fourth-order valence-electron chi connectivity index (χ4n) is 0.739. The van der Waals surface area contributed by atoms with Crippen LogP contribution in [0.5, 0.6) is 0 Å². The SMILES string of the molecule is CC1CCCO1.O=P(O)(O)O.O=P(O)(O)O.O=P(O)(O)O. The largest absolute Gasteiger partial charge is 0.466 e. The molecular formula is C5H19O13P3. The quantitative estimate of drug-likeness (QED) is 0.215. The van der Waals surface area contributed by atoms with Gasteiger partial charge in [-0.25, -0.2) is 13.7 Å². The Morgan fingerprint density at radius 2 is 1.00 bits per heavy atom. The van der Waals surface area contributed by atoms with Crippen LogP contribution in [-0.2, 0) is 18.4 Å². The third kappa shape index (κ3) is 128. The van der Waals surface area contributed by atoms with E-state index in [2.05, 4.69) is 6.92 Å². The van der Waals surface area contributed by atoms with Gasteiger partial charge in [-0.05, 0) is 19.8 Å². The monoisotopic (exact) mass is 380 g/mol. The maximum atomic E-state index is 8.88. The Kier molecular flexibility index (Phi) is 14.7. The average molecular weight is 380 g/mol. The Bertz CT molecular complexity index is 299. The molecule has 1 aliphatic rings. The van der Waals surface area contributed by atoms with Crippen LogP contribution in [0.2, 0.25) is 0 Å². The van der Waals surface area contributed by atoms with Gasteiger partial charge in [-0.3, -0.25) is 0 Å². The van der Waals surface area contributed by atoms with E-state index in [4.69, 9.17) is 62.5 Å². The summed E-state index contributed by atoms with van der Waals surface area (Å²) < 4.78 is 31.8. The van der Waals surface area contributed by atoms with Crippen molar-refractivity contribution >= 4 is 23.5 Å². The number of hydrogen-bond donors (Lipinski definition) is 9. The lowest BCUT2D eigenvalue weighted by molar-refractivity contribution is 0.125. The van der Waals surface area contributed by atoms with E-state index in [1.165, 1.54) is 12.8 Å². The van der Waals surface area contributed by atoms with Crippen molar-refractivity contribution in [2.75, 3.05) is 6.61 Å². The molecule has 1 fully saturated rings. The van der Waals surface area contributed by atoms with E-state index < -0.39 is 23.5 Å². The molecule has 1 heterocycles. The zero-order valence-corrected chi connectivity index (χ0v) is 13.4. The molecule has 0 aromatic rings. The summed E-state index contributed by atoms with van der Waals surface area (Å²) in [6.45, 7) is 3.11. The fourth-order valence-corrected chi connectivity index (χ4v) is 0.739. The van der Waals surface area contributed by atoms with Crippen LogP contribution < -0.4 is 0 Å². The molecule has 1 atom stereocenters. The number of ether oxygens (including phenoxy) is 1. The topological polar surface area (TPSA) is 243 Å². The number of rotatable bonds is 0. The molecule has 132 valence electrons. The van der Waals surface area contributed by atoms with Crippen molar-refractivity contribution in [2.45, 2.75) is 25.9 Å². The second-order valence-corrected chi connectivity index (χ2v) is 6.44. The maximum absolute atomic E-state index is 8.88. The zero-order valence-electron chi connectivity index (χ0n) is 10.7. The number of phosphoric acid groups is 3. The first-order chi connectivity index (χ1) is 8.89. The lowest BCUT2D eigenvalue weighted by Gasteiger charge is -1.94. The van der Waals surface area contributed by atoms with Gasteiger partial charge in [0.05, 0.1) is 6.10 Å². The van der Waals surface area contributed by atoms with Gasteiger partial charge in [0.2, 0.25) is 0 Å². The molecule has 1 rings (SSSR count). The Morgan fingerprint density at radius 3 is 1.05 bits per heavy atom. The highest BCUT2D eigenvalue weighted by atomic mass is 31.2. The molecule has 0 radical (unpaired) electrons. The zero-order chi connectivity index (χ0) is 17.9. The van der Waals surface area contributed by atoms with E-state index in [0.29, 0.717) is 6.10 Å². The van der Waals surface area contributed by atoms with Crippen molar-refractivity contribution in [2.24, 2.45) is 0 Å². The van der Waals surface area contributed by atoms with Crippen LogP contribution >= 0.6 is 23.5 Å². The van der Waals surface area contributed by atoms with Gasteiger partial charge < -0.3 is 48.8 Å². The molecule has 13 nitrogen and oxygen atoms in total. The van der Waals surface area contributed by atoms with Gasteiger partial charge in [-0.2, -0.15) is 0 Å². The third-order valence-electron chi connectivity index (χ3n) is 1.16. The highest BCUT2D eigenvalue weighted by Gasteiger charge is 2.07. The Labute approximate surface area is 119 Å². The molecule has 0 saturated carbocycles. The highest BCUT2D eigenvalue weighted by molar-refractivity contribution is 7.45. The van der Waals surface area contributed by atoms with Gasteiger partial charge in [-0.15, -0.1) is 0 Å². The molecule has 0 spiro atoms. The minimum absolute atomic E-state index is 0.546. The lowest BCUT2D eigenvalue weighted by Crippen LogP contribution is -1.94. The van der Waals surface area contributed by atoms with Gasteiger partial charge in [0.1, 0.15) is 0 Å². The molecule has 21 heavy (non-hydrogen) atoms. The second kappa shape index (κ2) is 11.8. The first-order valence-corrected chi connectivity index (χ1v) is 9.55. The molecule has 0 aliphatic carbocycles.